The molecule has 0 spiro atoms. The molecule has 1 aromatic carbocycles. The third kappa shape index (κ3) is 1.36. The molecule has 0 amide bonds. The average molecular weight is 178 g/mol. The summed E-state index contributed by atoms with van der Waals surface area (Å²) in [6.45, 7) is 1.10. The number of hydrogen-bond acceptors (Lipinski definition) is 1. The lowest BCUT2D eigenvalue weighted by molar-refractivity contribution is -0.642. The summed E-state index contributed by atoms with van der Waals surface area (Å²) in [5, 5.41) is 3.57. The number of rotatable bonds is 2. The number of fused-ring (bicyclic) bond motifs is 1. The SMILES string of the molecule is C[NH2+]Cc1cc2ccccc2s1. The molecule has 0 aliphatic carbocycles. The number of nitrogens with two attached hydrogens (primary N) is 1. The van der Waals surface area contributed by atoms with Gasteiger partial charge in [0.05, 0.1) is 11.9 Å². The predicted molar refractivity (Wildman–Crippen MR) is 53.4 cm³/mol. The number of quaternary nitrogens is 1. The van der Waals surface area contributed by atoms with E-state index < -0.39 is 0 Å². The van der Waals surface area contributed by atoms with Gasteiger partial charge < -0.3 is 5.32 Å². The normalized spacial score (nSPS) is 10.8. The van der Waals surface area contributed by atoms with Crippen molar-refractivity contribution >= 4 is 21.4 Å². The van der Waals surface area contributed by atoms with Crippen LogP contribution in [0, 0.1) is 0 Å². The summed E-state index contributed by atoms with van der Waals surface area (Å²) < 4.78 is 1.40. The fraction of sp³-hybridized carbons (Fsp3) is 0.200. The number of benzene rings is 1. The van der Waals surface area contributed by atoms with Crippen molar-refractivity contribution in [3.05, 3.63) is 35.2 Å². The molecule has 0 saturated carbocycles. The van der Waals surface area contributed by atoms with Crippen LogP contribution in [-0.2, 0) is 6.54 Å². The van der Waals surface area contributed by atoms with Crippen molar-refractivity contribution in [3.63, 3.8) is 0 Å². The minimum atomic E-state index is 1.10. The highest BCUT2D eigenvalue weighted by Gasteiger charge is 2.00. The molecule has 1 nitrogen and oxygen atoms in total. The molecule has 2 N–H and O–H groups in total. The lowest BCUT2D eigenvalue weighted by Crippen LogP contribution is -2.77. The zero-order valence-electron chi connectivity index (χ0n) is 7.08. The molecule has 0 radical (unpaired) electrons. The molecular formula is C10H12NS+. The van der Waals surface area contributed by atoms with E-state index in [1.54, 1.807) is 0 Å². The Balaban J connectivity index is 2.47. The molecular weight excluding hydrogens is 166 g/mol. The molecule has 0 aliphatic heterocycles. The molecule has 0 bridgehead atoms. The lowest BCUT2D eigenvalue weighted by Gasteiger charge is -1.86. The van der Waals surface area contributed by atoms with Crippen molar-refractivity contribution in [2.75, 3.05) is 7.05 Å². The van der Waals surface area contributed by atoms with Crippen LogP contribution in [0.3, 0.4) is 0 Å². The van der Waals surface area contributed by atoms with Gasteiger partial charge in [-0.2, -0.15) is 0 Å². The topological polar surface area (TPSA) is 16.6 Å². The van der Waals surface area contributed by atoms with E-state index in [2.05, 4.69) is 42.7 Å². The molecule has 0 fully saturated rings. The summed E-state index contributed by atoms with van der Waals surface area (Å²) in [5.74, 6) is 0. The molecule has 1 heterocycles. The molecule has 62 valence electrons. The fourth-order valence-corrected chi connectivity index (χ4v) is 2.45. The Morgan fingerprint density at radius 2 is 2.17 bits per heavy atom. The van der Waals surface area contributed by atoms with E-state index >= 15 is 0 Å². The zero-order chi connectivity index (χ0) is 8.39. The Kier molecular flexibility index (Phi) is 2.11. The van der Waals surface area contributed by atoms with Gasteiger partial charge in [-0.05, 0) is 17.5 Å². The fourth-order valence-electron chi connectivity index (χ4n) is 1.34. The quantitative estimate of drug-likeness (QED) is 0.719. The van der Waals surface area contributed by atoms with Gasteiger partial charge in [0.25, 0.3) is 0 Å². The van der Waals surface area contributed by atoms with E-state index in [-0.39, 0.29) is 0 Å². The molecule has 0 atom stereocenters. The van der Waals surface area contributed by atoms with Crippen molar-refractivity contribution in [3.8, 4) is 0 Å². The van der Waals surface area contributed by atoms with Crippen LogP contribution in [0.4, 0.5) is 0 Å². The summed E-state index contributed by atoms with van der Waals surface area (Å²) in [6, 6.07) is 10.8. The molecule has 2 rings (SSSR count). The van der Waals surface area contributed by atoms with Crippen LogP contribution in [0.25, 0.3) is 10.1 Å². The molecule has 2 aromatic rings. The summed E-state index contributed by atoms with van der Waals surface area (Å²) in [5.41, 5.74) is 0. The molecule has 12 heavy (non-hydrogen) atoms. The van der Waals surface area contributed by atoms with Crippen LogP contribution in [0.2, 0.25) is 0 Å². The molecule has 0 saturated heterocycles. The van der Waals surface area contributed by atoms with Crippen molar-refractivity contribution in [2.45, 2.75) is 6.54 Å². The molecule has 0 aliphatic rings. The van der Waals surface area contributed by atoms with Gasteiger partial charge in [0.2, 0.25) is 0 Å². The van der Waals surface area contributed by atoms with Gasteiger partial charge in [-0.15, -0.1) is 11.3 Å². The first kappa shape index (κ1) is 7.77. The van der Waals surface area contributed by atoms with E-state index in [0.29, 0.717) is 0 Å². The molecule has 2 heteroatoms. The standard InChI is InChI=1S/C10H11NS/c1-11-7-9-6-8-4-2-3-5-10(8)12-9/h2-6,11H,7H2,1H3/p+1. The smallest absolute Gasteiger partial charge is 0.110 e. The first-order valence-corrected chi connectivity index (χ1v) is 4.97. The van der Waals surface area contributed by atoms with E-state index in [9.17, 15) is 0 Å². The Bertz CT molecular complexity index is 345. The third-order valence-electron chi connectivity index (χ3n) is 1.88. The second-order valence-corrected chi connectivity index (χ2v) is 4.03. The predicted octanol–water partition coefficient (Wildman–Crippen LogP) is 1.59. The highest BCUT2D eigenvalue weighted by atomic mass is 32.1. The maximum atomic E-state index is 2.28. The summed E-state index contributed by atoms with van der Waals surface area (Å²) in [6.07, 6.45) is 0. The zero-order valence-corrected chi connectivity index (χ0v) is 7.90. The maximum absolute atomic E-state index is 2.28. The third-order valence-corrected chi connectivity index (χ3v) is 3.02. The van der Waals surface area contributed by atoms with Crippen LogP contribution in [0.15, 0.2) is 30.3 Å². The minimum Gasteiger partial charge on any atom is -0.344 e. The van der Waals surface area contributed by atoms with Crippen LogP contribution in [0.1, 0.15) is 4.88 Å². The van der Waals surface area contributed by atoms with Crippen molar-refractivity contribution in [1.29, 1.82) is 0 Å². The first-order valence-electron chi connectivity index (χ1n) is 4.15. The van der Waals surface area contributed by atoms with Gasteiger partial charge in [0.1, 0.15) is 6.54 Å². The van der Waals surface area contributed by atoms with Crippen LogP contribution in [-0.4, -0.2) is 7.05 Å². The van der Waals surface area contributed by atoms with Gasteiger partial charge in [-0.25, -0.2) is 0 Å². The number of hydrogen-bond donors (Lipinski definition) is 1. The summed E-state index contributed by atoms with van der Waals surface area (Å²) >= 11 is 1.89. The second-order valence-electron chi connectivity index (χ2n) is 2.86. The highest BCUT2D eigenvalue weighted by molar-refractivity contribution is 7.19. The Morgan fingerprint density at radius 3 is 2.92 bits per heavy atom. The molecule has 1 aromatic heterocycles. The van der Waals surface area contributed by atoms with Crippen molar-refractivity contribution < 1.29 is 5.32 Å². The Labute approximate surface area is 76.0 Å². The highest BCUT2D eigenvalue weighted by Crippen LogP contribution is 2.24. The monoisotopic (exact) mass is 178 g/mol. The van der Waals surface area contributed by atoms with E-state index in [1.165, 1.54) is 15.0 Å². The number of thiophene rings is 1. The van der Waals surface area contributed by atoms with E-state index in [1.807, 2.05) is 11.3 Å². The van der Waals surface area contributed by atoms with Crippen LogP contribution >= 0.6 is 11.3 Å². The largest absolute Gasteiger partial charge is 0.344 e. The van der Waals surface area contributed by atoms with Crippen molar-refractivity contribution in [1.82, 2.24) is 0 Å². The van der Waals surface area contributed by atoms with Crippen LogP contribution < -0.4 is 5.32 Å². The Morgan fingerprint density at radius 1 is 1.33 bits per heavy atom. The maximum Gasteiger partial charge on any atom is 0.110 e. The van der Waals surface area contributed by atoms with Gasteiger partial charge in [0.15, 0.2) is 0 Å². The van der Waals surface area contributed by atoms with Gasteiger partial charge in [0, 0.05) is 4.70 Å². The summed E-state index contributed by atoms with van der Waals surface area (Å²) in [7, 11) is 2.10. The average Bonchev–Trinajstić information content (AvgIpc) is 2.47. The minimum absolute atomic E-state index is 1.10. The van der Waals surface area contributed by atoms with Gasteiger partial charge in [-0.1, -0.05) is 18.2 Å². The molecule has 0 unspecified atom stereocenters. The Hall–Kier alpha value is -0.860. The van der Waals surface area contributed by atoms with Crippen LogP contribution in [0.5, 0.6) is 0 Å². The van der Waals surface area contributed by atoms with Gasteiger partial charge >= 0.3 is 0 Å². The lowest BCUT2D eigenvalue weighted by atomic mass is 10.2. The van der Waals surface area contributed by atoms with Crippen molar-refractivity contribution in [2.24, 2.45) is 0 Å². The second kappa shape index (κ2) is 3.25. The van der Waals surface area contributed by atoms with E-state index in [4.69, 9.17) is 0 Å². The summed E-state index contributed by atoms with van der Waals surface area (Å²) in [4.78, 5) is 1.46. The van der Waals surface area contributed by atoms with E-state index in [0.717, 1.165) is 6.54 Å². The van der Waals surface area contributed by atoms with Gasteiger partial charge in [-0.3, -0.25) is 0 Å². The first-order chi connectivity index (χ1) is 5.90.